The lowest BCUT2D eigenvalue weighted by Crippen LogP contribution is -2.17. The molecule has 0 bridgehead atoms. The second-order valence-corrected chi connectivity index (χ2v) is 8.54. The molecule has 1 aliphatic rings. The lowest BCUT2D eigenvalue weighted by atomic mass is 10.2. The van der Waals surface area contributed by atoms with Crippen molar-refractivity contribution in [2.75, 3.05) is 0 Å². The Bertz CT molecular complexity index is 902. The Balaban J connectivity index is 1.85. The molecule has 3 nitrogen and oxygen atoms in total. The number of nitrogens with one attached hydrogen (secondary N) is 1. The number of ether oxygens (including phenoxy) is 1. The summed E-state index contributed by atoms with van der Waals surface area (Å²) in [6.07, 6.45) is 1.75. The van der Waals surface area contributed by atoms with Crippen molar-refractivity contribution in [1.29, 1.82) is 0 Å². The summed E-state index contributed by atoms with van der Waals surface area (Å²) in [5.74, 6) is 0.426. The van der Waals surface area contributed by atoms with Crippen LogP contribution < -0.4 is 10.1 Å². The van der Waals surface area contributed by atoms with E-state index in [-0.39, 0.29) is 12.5 Å². The van der Waals surface area contributed by atoms with E-state index in [1.54, 1.807) is 18.2 Å². The van der Waals surface area contributed by atoms with Crippen molar-refractivity contribution in [3.63, 3.8) is 0 Å². The molecule has 0 aliphatic carbocycles. The fraction of sp³-hybridized carbons (Fsp3) is 0.0588. The lowest BCUT2D eigenvalue weighted by Gasteiger charge is -2.11. The molecule has 128 valence electrons. The van der Waals surface area contributed by atoms with Gasteiger partial charge in [0.1, 0.15) is 16.7 Å². The summed E-state index contributed by atoms with van der Waals surface area (Å²) in [7, 11) is 0. The van der Waals surface area contributed by atoms with E-state index >= 15 is 0 Å². The van der Waals surface area contributed by atoms with Crippen LogP contribution in [-0.2, 0) is 11.4 Å². The third-order valence-electron chi connectivity index (χ3n) is 3.30. The van der Waals surface area contributed by atoms with E-state index in [1.165, 1.54) is 11.8 Å². The minimum absolute atomic E-state index is 0.207. The Morgan fingerprint density at radius 1 is 1.24 bits per heavy atom. The maximum atomic E-state index is 11.9. The van der Waals surface area contributed by atoms with Gasteiger partial charge in [0.25, 0.3) is 5.91 Å². The zero-order valence-corrected chi connectivity index (χ0v) is 17.2. The van der Waals surface area contributed by atoms with Crippen LogP contribution in [-0.4, -0.2) is 10.2 Å². The number of carbonyl (C=O) groups excluding carboxylic acids is 1. The van der Waals surface area contributed by atoms with Gasteiger partial charge in [-0.25, -0.2) is 0 Å². The molecule has 1 fully saturated rings. The highest BCUT2D eigenvalue weighted by atomic mass is 79.9. The van der Waals surface area contributed by atoms with Crippen LogP contribution in [0.2, 0.25) is 10.0 Å². The zero-order chi connectivity index (χ0) is 18.0. The van der Waals surface area contributed by atoms with Gasteiger partial charge >= 0.3 is 0 Å². The van der Waals surface area contributed by atoms with Crippen LogP contribution in [0.25, 0.3) is 6.08 Å². The van der Waals surface area contributed by atoms with Gasteiger partial charge in [0, 0.05) is 25.6 Å². The average Bonchev–Trinajstić information content (AvgIpc) is 2.85. The van der Waals surface area contributed by atoms with E-state index in [9.17, 15) is 4.79 Å². The van der Waals surface area contributed by atoms with Gasteiger partial charge in [-0.05, 0) is 36.4 Å². The molecule has 3 rings (SSSR count). The molecule has 25 heavy (non-hydrogen) atoms. The van der Waals surface area contributed by atoms with Crippen LogP contribution in [0.1, 0.15) is 11.1 Å². The number of hydrogen-bond acceptors (Lipinski definition) is 4. The third-order valence-corrected chi connectivity index (χ3v) is 5.54. The Labute approximate surface area is 172 Å². The summed E-state index contributed by atoms with van der Waals surface area (Å²) in [6.45, 7) is 0.283. The van der Waals surface area contributed by atoms with Crippen LogP contribution in [0, 0.1) is 0 Å². The molecule has 0 radical (unpaired) electrons. The summed E-state index contributed by atoms with van der Waals surface area (Å²) < 4.78 is 7.23. The summed E-state index contributed by atoms with van der Waals surface area (Å²) in [4.78, 5) is 12.4. The molecule has 0 atom stereocenters. The number of thiocarbonyl (C=S) groups is 1. The van der Waals surface area contributed by atoms with Crippen molar-refractivity contribution in [3.05, 3.63) is 66.9 Å². The zero-order valence-electron chi connectivity index (χ0n) is 12.5. The first-order chi connectivity index (χ1) is 11.9. The SMILES string of the molecule is O=C1NC(=S)SC1=Cc1cc(Br)ccc1OCc1ccc(Cl)cc1Cl. The molecule has 1 heterocycles. The minimum Gasteiger partial charge on any atom is -0.488 e. The van der Waals surface area contributed by atoms with Gasteiger partial charge in [0.05, 0.1) is 4.91 Å². The Kier molecular flexibility index (Phi) is 6.07. The molecule has 0 saturated carbocycles. The predicted molar refractivity (Wildman–Crippen MR) is 111 cm³/mol. The van der Waals surface area contributed by atoms with Crippen LogP contribution in [0.5, 0.6) is 5.75 Å². The normalized spacial score (nSPS) is 15.6. The monoisotopic (exact) mass is 473 g/mol. The second kappa shape index (κ2) is 8.10. The van der Waals surface area contributed by atoms with E-state index in [4.69, 9.17) is 40.2 Å². The molecular formula is C17H10BrCl2NO2S2. The van der Waals surface area contributed by atoms with Crippen LogP contribution in [0.4, 0.5) is 0 Å². The first-order valence-electron chi connectivity index (χ1n) is 7.03. The number of benzene rings is 2. The van der Waals surface area contributed by atoms with Crippen molar-refractivity contribution >= 4 is 79.4 Å². The van der Waals surface area contributed by atoms with Crippen molar-refractivity contribution < 1.29 is 9.53 Å². The van der Waals surface area contributed by atoms with E-state index in [0.29, 0.717) is 25.0 Å². The van der Waals surface area contributed by atoms with Crippen LogP contribution >= 0.6 is 63.1 Å². The molecule has 1 amide bonds. The van der Waals surface area contributed by atoms with Gasteiger partial charge in [0.2, 0.25) is 0 Å². The molecule has 0 aromatic heterocycles. The molecule has 1 saturated heterocycles. The van der Waals surface area contributed by atoms with Crippen LogP contribution in [0.3, 0.4) is 0 Å². The molecule has 2 aromatic rings. The number of rotatable bonds is 4. The average molecular weight is 475 g/mol. The Morgan fingerprint density at radius 3 is 2.72 bits per heavy atom. The van der Waals surface area contributed by atoms with Crippen molar-refractivity contribution in [3.8, 4) is 5.75 Å². The van der Waals surface area contributed by atoms with Gasteiger partial charge in [-0.3, -0.25) is 4.79 Å². The number of carbonyl (C=O) groups is 1. The van der Waals surface area contributed by atoms with Crippen molar-refractivity contribution in [1.82, 2.24) is 5.32 Å². The first kappa shape index (κ1) is 18.7. The van der Waals surface area contributed by atoms with Gasteiger partial charge in [0.15, 0.2) is 0 Å². The van der Waals surface area contributed by atoms with Gasteiger partial charge < -0.3 is 10.1 Å². The summed E-state index contributed by atoms with van der Waals surface area (Å²) >= 11 is 21.8. The number of hydrogen-bond donors (Lipinski definition) is 1. The molecule has 1 N–H and O–H groups in total. The van der Waals surface area contributed by atoms with Crippen molar-refractivity contribution in [2.45, 2.75) is 6.61 Å². The molecule has 8 heteroatoms. The highest BCUT2D eigenvalue weighted by Gasteiger charge is 2.22. The fourth-order valence-corrected chi connectivity index (χ4v) is 4.00. The standard InChI is InChI=1S/C17H10BrCl2NO2S2/c18-11-2-4-14(23-8-9-1-3-12(19)7-13(9)20)10(5-11)6-15-16(22)21-17(24)25-15/h1-7H,8H2,(H,21,22,24). The van der Waals surface area contributed by atoms with Gasteiger partial charge in [-0.1, -0.05) is 69.2 Å². The largest absolute Gasteiger partial charge is 0.488 e. The summed E-state index contributed by atoms with van der Waals surface area (Å²) in [5.41, 5.74) is 1.59. The second-order valence-electron chi connectivity index (χ2n) is 5.06. The van der Waals surface area contributed by atoms with Gasteiger partial charge in [-0.15, -0.1) is 0 Å². The molecule has 0 unspecified atom stereocenters. The fourth-order valence-electron chi connectivity index (χ4n) is 2.12. The van der Waals surface area contributed by atoms with Gasteiger partial charge in [-0.2, -0.15) is 0 Å². The summed E-state index contributed by atoms with van der Waals surface area (Å²) in [6, 6.07) is 10.8. The quantitative estimate of drug-likeness (QED) is 0.447. The predicted octanol–water partition coefficient (Wildman–Crippen LogP) is 5.82. The van der Waals surface area contributed by atoms with E-state index < -0.39 is 0 Å². The summed E-state index contributed by atoms with van der Waals surface area (Å²) in [5, 5.41) is 3.71. The number of halogens is 3. The topological polar surface area (TPSA) is 38.3 Å². The van der Waals surface area contributed by atoms with Crippen molar-refractivity contribution in [2.24, 2.45) is 0 Å². The highest BCUT2D eigenvalue weighted by Crippen LogP contribution is 2.32. The smallest absolute Gasteiger partial charge is 0.263 e. The molecular weight excluding hydrogens is 465 g/mol. The van der Waals surface area contributed by atoms with E-state index in [1.807, 2.05) is 24.3 Å². The maximum absolute atomic E-state index is 11.9. The third kappa shape index (κ3) is 4.77. The first-order valence-corrected chi connectivity index (χ1v) is 9.81. The molecule has 1 aliphatic heterocycles. The Morgan fingerprint density at radius 2 is 2.04 bits per heavy atom. The highest BCUT2D eigenvalue weighted by molar-refractivity contribution is 9.10. The van der Waals surface area contributed by atoms with E-state index in [2.05, 4.69) is 21.2 Å². The lowest BCUT2D eigenvalue weighted by molar-refractivity contribution is -0.115. The van der Waals surface area contributed by atoms with Crippen LogP contribution in [0.15, 0.2) is 45.8 Å². The Hall–Kier alpha value is -1.05. The maximum Gasteiger partial charge on any atom is 0.263 e. The molecule has 0 spiro atoms. The van der Waals surface area contributed by atoms with E-state index in [0.717, 1.165) is 15.6 Å². The molecule has 2 aromatic carbocycles. The minimum atomic E-state index is -0.207. The number of amides is 1. The number of thioether (sulfide) groups is 1.